The van der Waals surface area contributed by atoms with Crippen LogP contribution >= 0.6 is 0 Å². The predicted molar refractivity (Wildman–Crippen MR) is 106 cm³/mol. The predicted octanol–water partition coefficient (Wildman–Crippen LogP) is 1.49. The molecule has 0 aliphatic carbocycles. The van der Waals surface area contributed by atoms with Crippen molar-refractivity contribution in [3.05, 3.63) is 0 Å². The molecular formula is C19H34N4O6. The number of rotatable bonds is 9. The Balaban J connectivity index is 2.52. The Labute approximate surface area is 172 Å². The maximum atomic E-state index is 12.6. The number of amides is 4. The number of esters is 1. The van der Waals surface area contributed by atoms with Gasteiger partial charge < -0.3 is 25.4 Å². The van der Waals surface area contributed by atoms with E-state index in [0.29, 0.717) is 25.8 Å². The van der Waals surface area contributed by atoms with Gasteiger partial charge in [0.2, 0.25) is 5.91 Å². The molecule has 10 heteroatoms. The van der Waals surface area contributed by atoms with Crippen molar-refractivity contribution in [2.45, 2.75) is 84.7 Å². The molecule has 3 atom stereocenters. The smallest absolute Gasteiger partial charge is 0.375 e. The third-order valence-corrected chi connectivity index (χ3v) is 4.48. The Morgan fingerprint density at radius 2 is 1.76 bits per heavy atom. The Bertz CT molecular complexity index is 583. The number of likely N-dealkylation sites (tertiary alicyclic amines) is 1. The van der Waals surface area contributed by atoms with Crippen molar-refractivity contribution in [3.63, 3.8) is 0 Å². The van der Waals surface area contributed by atoms with E-state index in [4.69, 9.17) is 9.47 Å². The van der Waals surface area contributed by atoms with Gasteiger partial charge in [-0.25, -0.2) is 14.4 Å². The van der Waals surface area contributed by atoms with Gasteiger partial charge in [-0.2, -0.15) is 0 Å². The van der Waals surface area contributed by atoms with Crippen LogP contribution in [-0.2, 0) is 19.1 Å². The first kappa shape index (κ1) is 24.7. The molecule has 1 rings (SSSR count). The average molecular weight is 415 g/mol. The van der Waals surface area contributed by atoms with E-state index in [9.17, 15) is 19.2 Å². The summed E-state index contributed by atoms with van der Waals surface area (Å²) in [5.41, 5.74) is 0. The summed E-state index contributed by atoms with van der Waals surface area (Å²) in [5.74, 6) is -1.24. The molecular weight excluding hydrogens is 380 g/mol. The van der Waals surface area contributed by atoms with Gasteiger partial charge in [0.1, 0.15) is 18.8 Å². The first-order chi connectivity index (χ1) is 13.7. The summed E-state index contributed by atoms with van der Waals surface area (Å²) in [5, 5.41) is 7.75. The van der Waals surface area contributed by atoms with Gasteiger partial charge >= 0.3 is 18.1 Å². The Morgan fingerprint density at radius 1 is 1.07 bits per heavy atom. The highest BCUT2D eigenvalue weighted by Crippen LogP contribution is 2.19. The molecule has 0 spiro atoms. The van der Waals surface area contributed by atoms with Crippen molar-refractivity contribution in [1.82, 2.24) is 20.9 Å². The van der Waals surface area contributed by atoms with Crippen molar-refractivity contribution in [2.24, 2.45) is 0 Å². The normalized spacial score (nSPS) is 18.1. The highest BCUT2D eigenvalue weighted by Gasteiger charge is 2.36. The van der Waals surface area contributed by atoms with Crippen molar-refractivity contribution in [1.29, 1.82) is 0 Å². The van der Waals surface area contributed by atoms with Gasteiger partial charge in [0.05, 0.1) is 6.10 Å². The van der Waals surface area contributed by atoms with Crippen LogP contribution in [0.4, 0.5) is 9.59 Å². The summed E-state index contributed by atoms with van der Waals surface area (Å²) in [6.45, 7) is 9.24. The van der Waals surface area contributed by atoms with Crippen molar-refractivity contribution in [2.75, 3.05) is 13.1 Å². The van der Waals surface area contributed by atoms with E-state index < -0.39 is 36.9 Å². The minimum Gasteiger partial charge on any atom is -0.375 e. The number of urea groups is 1. The molecule has 3 unspecified atom stereocenters. The second-order valence-corrected chi connectivity index (χ2v) is 7.32. The molecule has 166 valence electrons. The highest BCUT2D eigenvalue weighted by atomic mass is 16.6. The van der Waals surface area contributed by atoms with Crippen LogP contribution in [0.1, 0.15) is 60.3 Å². The molecule has 10 nitrogen and oxygen atoms in total. The van der Waals surface area contributed by atoms with E-state index in [1.54, 1.807) is 0 Å². The molecule has 3 N–H and O–H groups in total. The van der Waals surface area contributed by atoms with Crippen molar-refractivity contribution >= 4 is 24.0 Å². The molecule has 1 aliphatic rings. The molecule has 0 radical (unpaired) electrons. The molecule has 1 aliphatic heterocycles. The number of hydrogen-bond donors (Lipinski definition) is 3. The zero-order valence-corrected chi connectivity index (χ0v) is 17.9. The first-order valence-corrected chi connectivity index (χ1v) is 10.2. The number of hydrogen-bond acceptors (Lipinski definition) is 6. The lowest BCUT2D eigenvalue weighted by Gasteiger charge is -2.26. The van der Waals surface area contributed by atoms with E-state index in [0.717, 1.165) is 6.42 Å². The number of nitrogens with zero attached hydrogens (tertiary/aromatic N) is 1. The molecule has 0 aromatic rings. The highest BCUT2D eigenvalue weighted by molar-refractivity contribution is 5.91. The second kappa shape index (κ2) is 12.3. The van der Waals surface area contributed by atoms with E-state index in [1.807, 2.05) is 34.6 Å². The minimum atomic E-state index is -0.894. The van der Waals surface area contributed by atoms with Gasteiger partial charge in [0.15, 0.2) is 0 Å². The Kier molecular flexibility index (Phi) is 10.4. The number of carbonyl (C=O) groups is 4. The van der Waals surface area contributed by atoms with E-state index >= 15 is 0 Å². The SMILES string of the molecule is CCC(C)NC(=O)NCC(=O)OC(=O)N1CCCC1C(=O)NC(CC)OC(C)C. The van der Waals surface area contributed by atoms with Crippen LogP contribution in [0, 0.1) is 0 Å². The van der Waals surface area contributed by atoms with Crippen molar-refractivity contribution < 1.29 is 28.7 Å². The lowest BCUT2D eigenvalue weighted by Crippen LogP contribution is -2.50. The number of nitrogens with one attached hydrogen (secondary N) is 3. The van der Waals surface area contributed by atoms with Gasteiger partial charge in [-0.05, 0) is 46.5 Å². The van der Waals surface area contributed by atoms with Crippen molar-refractivity contribution in [3.8, 4) is 0 Å². The van der Waals surface area contributed by atoms with Gasteiger partial charge in [-0.3, -0.25) is 9.69 Å². The summed E-state index contributed by atoms with van der Waals surface area (Å²) >= 11 is 0. The minimum absolute atomic E-state index is 0.0388. The van der Waals surface area contributed by atoms with Crippen LogP contribution in [0.3, 0.4) is 0 Å². The van der Waals surface area contributed by atoms with E-state index in [2.05, 4.69) is 16.0 Å². The lowest BCUT2D eigenvalue weighted by atomic mass is 10.2. The third kappa shape index (κ3) is 8.68. The topological polar surface area (TPSA) is 126 Å². The molecule has 0 bridgehead atoms. The van der Waals surface area contributed by atoms with Gasteiger partial charge in [0, 0.05) is 12.6 Å². The van der Waals surface area contributed by atoms with Gasteiger partial charge in [0.25, 0.3) is 0 Å². The summed E-state index contributed by atoms with van der Waals surface area (Å²) in [6, 6.07) is -1.28. The third-order valence-electron chi connectivity index (χ3n) is 4.48. The summed E-state index contributed by atoms with van der Waals surface area (Å²) in [4.78, 5) is 49.6. The molecule has 1 saturated heterocycles. The molecule has 0 aromatic heterocycles. The molecule has 0 aromatic carbocycles. The fourth-order valence-corrected chi connectivity index (χ4v) is 2.79. The van der Waals surface area contributed by atoms with Crippen LogP contribution in [0.25, 0.3) is 0 Å². The monoisotopic (exact) mass is 414 g/mol. The quantitative estimate of drug-likeness (QED) is 0.298. The first-order valence-electron chi connectivity index (χ1n) is 10.2. The van der Waals surface area contributed by atoms with Gasteiger partial charge in [-0.15, -0.1) is 0 Å². The average Bonchev–Trinajstić information content (AvgIpc) is 3.15. The maximum Gasteiger partial charge on any atom is 0.418 e. The van der Waals surface area contributed by atoms with Crippen LogP contribution in [0.2, 0.25) is 0 Å². The fraction of sp³-hybridized carbons (Fsp3) is 0.789. The number of ether oxygens (including phenoxy) is 2. The summed E-state index contributed by atoms with van der Waals surface area (Å²) in [6.07, 6.45) is 1.04. The molecule has 29 heavy (non-hydrogen) atoms. The van der Waals surface area contributed by atoms with E-state index in [1.165, 1.54) is 4.90 Å². The van der Waals surface area contributed by atoms with Crippen LogP contribution in [0.5, 0.6) is 0 Å². The lowest BCUT2D eigenvalue weighted by molar-refractivity contribution is -0.139. The molecule has 0 saturated carbocycles. The van der Waals surface area contributed by atoms with Crippen LogP contribution in [-0.4, -0.2) is 66.4 Å². The van der Waals surface area contributed by atoms with E-state index in [-0.39, 0.29) is 18.1 Å². The Morgan fingerprint density at radius 3 is 2.34 bits per heavy atom. The van der Waals surface area contributed by atoms with Crippen LogP contribution in [0.15, 0.2) is 0 Å². The summed E-state index contributed by atoms with van der Waals surface area (Å²) < 4.78 is 10.4. The molecule has 4 amide bonds. The fourth-order valence-electron chi connectivity index (χ4n) is 2.79. The zero-order chi connectivity index (χ0) is 22.0. The molecule has 1 fully saturated rings. The molecule has 1 heterocycles. The Hall–Kier alpha value is -2.36. The van der Waals surface area contributed by atoms with Gasteiger partial charge in [-0.1, -0.05) is 13.8 Å². The summed E-state index contributed by atoms with van der Waals surface area (Å²) in [7, 11) is 0. The second-order valence-electron chi connectivity index (χ2n) is 7.32. The maximum absolute atomic E-state index is 12.6. The van der Waals surface area contributed by atoms with Crippen LogP contribution < -0.4 is 16.0 Å². The number of carbonyl (C=O) groups excluding carboxylic acids is 4. The largest absolute Gasteiger partial charge is 0.418 e. The standard InChI is InChI=1S/C19H34N4O6/c1-6-13(5)21-18(26)20-11-16(24)29-19(27)23-10-8-9-14(23)17(25)22-15(7-2)28-12(3)4/h12-15H,6-11H2,1-5H3,(H,22,25)(H2,20,21,26). The zero-order valence-electron chi connectivity index (χ0n) is 17.9.